The molecule has 3 amide bonds. The Morgan fingerprint density at radius 1 is 1.00 bits per heavy atom. The second-order valence-electron chi connectivity index (χ2n) is 14.7. The third kappa shape index (κ3) is 6.88. The van der Waals surface area contributed by atoms with Crippen LogP contribution in [0, 0.1) is 18.8 Å². The lowest BCUT2D eigenvalue weighted by atomic mass is 9.81. The molecule has 2 aliphatic heterocycles. The third-order valence-electron chi connectivity index (χ3n) is 11.1. The van der Waals surface area contributed by atoms with Crippen molar-refractivity contribution in [2.24, 2.45) is 11.8 Å². The van der Waals surface area contributed by atoms with Crippen molar-refractivity contribution in [1.29, 1.82) is 0 Å². The van der Waals surface area contributed by atoms with Crippen molar-refractivity contribution in [3.8, 4) is 17.0 Å². The first-order chi connectivity index (χ1) is 23.8. The van der Waals surface area contributed by atoms with E-state index in [4.69, 9.17) is 4.74 Å². The van der Waals surface area contributed by atoms with Gasteiger partial charge in [-0.3, -0.25) is 14.4 Å². The smallest absolute Gasteiger partial charge is 0.303 e. The number of hydrogen-bond acceptors (Lipinski definition) is 6. The van der Waals surface area contributed by atoms with Gasteiger partial charge >= 0.3 is 10.2 Å². The number of ether oxygens (including phenoxy) is 1. The zero-order valence-corrected chi connectivity index (χ0v) is 31.0. The first kappa shape index (κ1) is 35.9. The van der Waals surface area contributed by atoms with Gasteiger partial charge in [0.25, 0.3) is 5.91 Å². The van der Waals surface area contributed by atoms with Crippen molar-refractivity contribution in [2.75, 3.05) is 40.8 Å². The molecule has 3 heterocycles. The number of rotatable bonds is 9. The number of hydrogen-bond donors (Lipinski definition) is 1. The fourth-order valence-electron chi connectivity index (χ4n) is 8.51. The Morgan fingerprint density at radius 3 is 2.40 bits per heavy atom. The van der Waals surface area contributed by atoms with Crippen molar-refractivity contribution in [1.82, 2.24) is 23.4 Å². The number of carbonyl (C=O) groups is 3. The summed E-state index contributed by atoms with van der Waals surface area (Å²) in [6, 6.07) is 11.5. The Labute approximate surface area is 296 Å². The maximum absolute atomic E-state index is 14.3. The minimum Gasteiger partial charge on any atom is -0.497 e. The van der Waals surface area contributed by atoms with Crippen molar-refractivity contribution in [3.05, 3.63) is 53.1 Å². The maximum atomic E-state index is 14.3. The van der Waals surface area contributed by atoms with E-state index < -0.39 is 22.0 Å². The average Bonchev–Trinajstić information content (AvgIpc) is 3.67. The lowest BCUT2D eigenvalue weighted by Crippen LogP contribution is -2.47. The Hall–Kier alpha value is -3.90. The molecule has 1 aromatic heterocycles. The standard InChI is InChI=1S/C38H51N5O6S/c1-24-19-30(49-6)15-17-31(24)36-35(27-11-8-7-9-12-27)32-16-14-28(37(45)39-50(47,48)40(4)5)20-33(32)43(36)21-25(2)38(46)41-22-29-13-10-18-42(26(3)44)34(29)23-41/h14-17,19-20,25,27,29,34H,7-13,18,21-23H2,1-6H3,(H,39,45). The van der Waals surface area contributed by atoms with Gasteiger partial charge in [-0.2, -0.15) is 12.7 Å². The minimum absolute atomic E-state index is 0.0485. The number of nitrogens with zero attached hydrogens (tertiary/aromatic N) is 4. The van der Waals surface area contributed by atoms with Gasteiger partial charge in [0.15, 0.2) is 0 Å². The molecular weight excluding hydrogens is 655 g/mol. The summed E-state index contributed by atoms with van der Waals surface area (Å²) in [7, 11) is 0.391. The molecule has 6 rings (SSSR count). The van der Waals surface area contributed by atoms with E-state index >= 15 is 0 Å². The molecule has 50 heavy (non-hydrogen) atoms. The molecular formula is C38H51N5O6S. The van der Waals surface area contributed by atoms with Crippen LogP contribution >= 0.6 is 0 Å². The van der Waals surface area contributed by atoms with Gasteiger partial charge in [-0.1, -0.05) is 32.3 Å². The van der Waals surface area contributed by atoms with Crippen LogP contribution < -0.4 is 9.46 Å². The molecule has 2 saturated heterocycles. The second kappa shape index (κ2) is 14.4. The van der Waals surface area contributed by atoms with Crippen LogP contribution in [0.3, 0.4) is 0 Å². The van der Waals surface area contributed by atoms with Gasteiger partial charge in [-0.25, -0.2) is 4.72 Å². The molecule has 1 N–H and O–H groups in total. The highest BCUT2D eigenvalue weighted by atomic mass is 32.2. The van der Waals surface area contributed by atoms with Crippen LogP contribution in [0.15, 0.2) is 36.4 Å². The number of nitrogens with one attached hydrogen (secondary N) is 1. The molecule has 0 radical (unpaired) electrons. The van der Waals surface area contributed by atoms with Crippen LogP contribution in [0.1, 0.15) is 86.2 Å². The lowest BCUT2D eigenvalue weighted by molar-refractivity contribution is -0.136. The normalized spacial score (nSPS) is 20.6. The molecule has 0 bridgehead atoms. The van der Waals surface area contributed by atoms with E-state index in [0.29, 0.717) is 25.6 Å². The molecule has 11 nitrogen and oxygen atoms in total. The zero-order chi connectivity index (χ0) is 35.9. The van der Waals surface area contributed by atoms with E-state index in [1.54, 1.807) is 26.2 Å². The van der Waals surface area contributed by atoms with E-state index in [1.165, 1.54) is 26.1 Å². The van der Waals surface area contributed by atoms with E-state index in [0.717, 1.165) is 82.8 Å². The molecule has 3 atom stereocenters. The molecule has 270 valence electrons. The van der Waals surface area contributed by atoms with E-state index in [1.807, 2.05) is 34.9 Å². The van der Waals surface area contributed by atoms with Gasteiger partial charge in [0, 0.05) is 69.2 Å². The van der Waals surface area contributed by atoms with Crippen LogP contribution in [0.25, 0.3) is 22.2 Å². The van der Waals surface area contributed by atoms with Crippen LogP contribution in [0.2, 0.25) is 0 Å². The summed E-state index contributed by atoms with van der Waals surface area (Å²) in [4.78, 5) is 44.0. The summed E-state index contributed by atoms with van der Waals surface area (Å²) < 4.78 is 36.1. The van der Waals surface area contributed by atoms with E-state index in [9.17, 15) is 22.8 Å². The predicted molar refractivity (Wildman–Crippen MR) is 194 cm³/mol. The Morgan fingerprint density at radius 2 is 1.74 bits per heavy atom. The lowest BCUT2D eigenvalue weighted by Gasteiger charge is -2.36. The van der Waals surface area contributed by atoms with Crippen LogP contribution in [-0.2, 0) is 26.3 Å². The summed E-state index contributed by atoms with van der Waals surface area (Å²) in [5, 5.41) is 1.01. The number of aromatic nitrogens is 1. The Bertz CT molecular complexity index is 1900. The monoisotopic (exact) mass is 705 g/mol. The fourth-order valence-corrected chi connectivity index (χ4v) is 9.05. The molecule has 3 aromatic rings. The molecule has 1 aliphatic carbocycles. The number of benzene rings is 2. The van der Waals surface area contributed by atoms with E-state index in [-0.39, 0.29) is 29.3 Å². The van der Waals surface area contributed by atoms with Gasteiger partial charge in [0.2, 0.25) is 11.8 Å². The van der Waals surface area contributed by atoms with Gasteiger partial charge < -0.3 is 19.1 Å². The van der Waals surface area contributed by atoms with Crippen molar-refractivity contribution >= 4 is 38.8 Å². The summed E-state index contributed by atoms with van der Waals surface area (Å²) in [5.41, 5.74) is 5.33. The molecule has 0 spiro atoms. The minimum atomic E-state index is -4.00. The molecule has 3 unspecified atom stereocenters. The molecule has 1 saturated carbocycles. The fraction of sp³-hybridized carbons (Fsp3) is 0.553. The maximum Gasteiger partial charge on any atom is 0.303 e. The number of carbonyl (C=O) groups excluding carboxylic acids is 3. The number of piperidine rings is 1. The highest BCUT2D eigenvalue weighted by Crippen LogP contribution is 2.46. The highest BCUT2D eigenvalue weighted by Gasteiger charge is 2.42. The highest BCUT2D eigenvalue weighted by molar-refractivity contribution is 7.87. The average molecular weight is 706 g/mol. The summed E-state index contributed by atoms with van der Waals surface area (Å²) in [6.45, 7) is 7.94. The third-order valence-corrected chi connectivity index (χ3v) is 12.6. The molecule has 2 aromatic carbocycles. The molecule has 3 fully saturated rings. The second-order valence-corrected chi connectivity index (χ2v) is 16.6. The molecule has 12 heteroatoms. The SMILES string of the molecule is COc1ccc(-c2c(C3CCCCC3)c3ccc(C(=O)NS(=O)(=O)N(C)C)cc3n2CC(C)C(=O)N2CC3CCCN(C(C)=O)C3C2)c(C)c1. The number of aryl methyl sites for hydroxylation is 1. The van der Waals surface area contributed by atoms with Crippen molar-refractivity contribution < 1.29 is 27.5 Å². The Kier molecular flexibility index (Phi) is 10.3. The van der Waals surface area contributed by atoms with Gasteiger partial charge in [-0.15, -0.1) is 0 Å². The predicted octanol–water partition coefficient (Wildman–Crippen LogP) is 5.31. The van der Waals surface area contributed by atoms with Crippen molar-refractivity contribution in [2.45, 2.75) is 84.2 Å². The van der Waals surface area contributed by atoms with Gasteiger partial charge in [-0.05, 0) is 85.9 Å². The number of methoxy groups -OCH3 is 1. The number of likely N-dealkylation sites (tertiary alicyclic amines) is 2. The summed E-state index contributed by atoms with van der Waals surface area (Å²) in [6.07, 6.45) is 7.50. The van der Waals surface area contributed by atoms with Crippen LogP contribution in [0.5, 0.6) is 5.75 Å². The number of fused-ring (bicyclic) bond motifs is 2. The topological polar surface area (TPSA) is 121 Å². The summed E-state index contributed by atoms with van der Waals surface area (Å²) in [5.74, 6) is 0.330. The zero-order valence-electron chi connectivity index (χ0n) is 30.2. The summed E-state index contributed by atoms with van der Waals surface area (Å²) >= 11 is 0. The quantitative estimate of drug-likeness (QED) is 0.322. The van der Waals surface area contributed by atoms with Crippen molar-refractivity contribution in [3.63, 3.8) is 0 Å². The van der Waals surface area contributed by atoms with Crippen LogP contribution in [0.4, 0.5) is 0 Å². The first-order valence-electron chi connectivity index (χ1n) is 17.9. The van der Waals surface area contributed by atoms with Crippen LogP contribution in [-0.4, -0.2) is 91.7 Å². The number of amides is 3. The van der Waals surface area contributed by atoms with Gasteiger partial charge in [0.1, 0.15) is 5.75 Å². The van der Waals surface area contributed by atoms with E-state index in [2.05, 4.69) is 22.3 Å². The molecule has 3 aliphatic rings. The van der Waals surface area contributed by atoms with Gasteiger partial charge in [0.05, 0.1) is 24.8 Å². The largest absolute Gasteiger partial charge is 0.497 e. The Balaban J connectivity index is 1.46. The first-order valence-corrected chi connectivity index (χ1v) is 19.4.